The van der Waals surface area contributed by atoms with Crippen molar-refractivity contribution in [3.63, 3.8) is 0 Å². The molecule has 8 aromatic rings. The molecule has 6 aromatic carbocycles. The van der Waals surface area contributed by atoms with Crippen molar-refractivity contribution in [2.45, 2.75) is 102 Å². The summed E-state index contributed by atoms with van der Waals surface area (Å²) < 4.78 is 25.8. The molecule has 0 radical (unpaired) electrons. The summed E-state index contributed by atoms with van der Waals surface area (Å²) in [4.78, 5) is 122. The molecule has 478 valence electrons. The van der Waals surface area contributed by atoms with Gasteiger partial charge in [0.2, 0.25) is 23.6 Å². The van der Waals surface area contributed by atoms with Gasteiger partial charge in [0.1, 0.15) is 30.1 Å². The standard InChI is InChI=1S/C20H20O3.C18H18N2O4.2C15H16O4.C7H8/c1-20(2,3)19(22)23-17-12-9-15(10-13-17)11-14-18(21)16-7-5-4-6-8-16;1-9-3-5-10(6-4-9)20-14(21)8-11-12-7-13(15(11)18(20)24)17(23)19(2)16(12)22;2*1-15(2,3)14(17)18-9-10-4-6-12-11(8-10)5-7-13(16)19-12;1-7-5-3-2-4-6-7/h4-14H,1-3H3;3-6,11-13,15H,7-8H2,1-2H3;2*4-8H,9H2,1-3H3;2-6H,1H3/b14-11+;;;;. The predicted molar refractivity (Wildman–Crippen MR) is 351 cm³/mol. The summed E-state index contributed by atoms with van der Waals surface area (Å²) in [5, 5.41) is 1.62. The zero-order chi connectivity index (χ0) is 67.2. The second-order valence-electron chi connectivity index (χ2n) is 25.8. The first kappa shape index (κ1) is 69.3. The van der Waals surface area contributed by atoms with Gasteiger partial charge in [0, 0.05) is 47.9 Å². The Hall–Kier alpha value is -10.2. The Balaban J connectivity index is 0.000000168. The summed E-state index contributed by atoms with van der Waals surface area (Å²) in [6.07, 6.45) is 3.80. The molecule has 3 aliphatic rings. The maximum Gasteiger partial charge on any atom is 0.336 e. The minimum absolute atomic E-state index is 0.0474. The average Bonchev–Trinajstić information content (AvgIpc) is 1.59. The fourth-order valence-electron chi connectivity index (χ4n) is 9.91. The van der Waals surface area contributed by atoms with Gasteiger partial charge in [0.15, 0.2) is 5.78 Å². The number of likely N-dealkylation sites (tertiary alicyclic amines) is 1. The SMILES string of the molecule is CC(C)(C)C(=O)OCc1ccc2oc(=O)ccc2c1.CC(C)(C)C(=O)OCc1ccc2oc(=O)ccc2c1.CC(C)(C)C(=O)Oc1ccc(/C=C/C(=O)c2ccccc2)cc1.Cc1ccc(N2C(=O)CC3C4CC(C(=O)N(C)C4=O)C3C2=O)cc1.Cc1ccccc1. The zero-order valence-electron chi connectivity index (χ0n) is 54.0. The van der Waals surface area contributed by atoms with Gasteiger partial charge in [-0.3, -0.25) is 48.2 Å². The molecule has 2 saturated heterocycles. The first-order chi connectivity index (χ1) is 43.4. The summed E-state index contributed by atoms with van der Waals surface area (Å²) in [6, 6.07) is 50.4. The average molecular weight is 1250 g/mol. The number of amides is 4. The normalized spacial score (nSPS) is 16.7. The number of carbonyl (C=O) groups excluding carboxylic acids is 8. The van der Waals surface area contributed by atoms with Gasteiger partial charge in [-0.05, 0) is 172 Å². The highest BCUT2D eigenvalue weighted by Gasteiger charge is 2.61. The number of piperidine rings is 2. The molecule has 17 heteroatoms. The van der Waals surface area contributed by atoms with E-state index in [0.29, 0.717) is 34.6 Å². The van der Waals surface area contributed by atoms with Gasteiger partial charge >= 0.3 is 29.2 Å². The summed E-state index contributed by atoms with van der Waals surface area (Å²) in [7, 11) is 1.46. The number of ketones is 1. The number of carbonyl (C=O) groups is 8. The number of rotatable bonds is 9. The van der Waals surface area contributed by atoms with E-state index < -0.39 is 34.0 Å². The van der Waals surface area contributed by atoms with E-state index in [9.17, 15) is 47.9 Å². The summed E-state index contributed by atoms with van der Waals surface area (Å²) in [5.74, 6) is -3.31. The summed E-state index contributed by atoms with van der Waals surface area (Å²) in [6.45, 7) is 20.7. The number of allylic oxidation sites excluding steroid dienone is 1. The van der Waals surface area contributed by atoms with Crippen molar-refractivity contribution in [1.82, 2.24) is 4.90 Å². The molecule has 11 rings (SSSR count). The van der Waals surface area contributed by atoms with Crippen LogP contribution in [0.3, 0.4) is 0 Å². The summed E-state index contributed by atoms with van der Waals surface area (Å²) in [5.41, 5.74) is 4.86. The number of fused-ring (bicyclic) bond motifs is 7. The minimum Gasteiger partial charge on any atom is -0.460 e. The van der Waals surface area contributed by atoms with Crippen LogP contribution in [0.25, 0.3) is 28.0 Å². The molecule has 2 aromatic heterocycles. The Bertz CT molecular complexity index is 4010. The highest BCUT2D eigenvalue weighted by Crippen LogP contribution is 2.51. The molecule has 92 heavy (non-hydrogen) atoms. The number of ether oxygens (including phenoxy) is 3. The molecule has 0 spiro atoms. The van der Waals surface area contributed by atoms with Gasteiger partial charge in [-0.25, -0.2) is 9.59 Å². The van der Waals surface area contributed by atoms with E-state index in [4.69, 9.17) is 23.0 Å². The van der Waals surface area contributed by atoms with Crippen LogP contribution in [0, 0.1) is 53.8 Å². The monoisotopic (exact) mass is 1250 g/mol. The van der Waals surface area contributed by atoms with Crippen LogP contribution in [0.15, 0.2) is 194 Å². The molecule has 1 aliphatic carbocycles. The molecule has 0 N–H and O–H groups in total. The van der Waals surface area contributed by atoms with Gasteiger partial charge in [0.25, 0.3) is 0 Å². The Morgan fingerprint density at radius 1 is 0.522 bits per heavy atom. The molecule has 17 nitrogen and oxygen atoms in total. The first-order valence-electron chi connectivity index (χ1n) is 30.1. The van der Waals surface area contributed by atoms with Crippen LogP contribution in [0.5, 0.6) is 5.75 Å². The number of hydrogen-bond donors (Lipinski definition) is 0. The quantitative estimate of drug-likeness (QED) is 0.0327. The van der Waals surface area contributed by atoms with Gasteiger partial charge < -0.3 is 23.0 Å². The smallest absolute Gasteiger partial charge is 0.336 e. The van der Waals surface area contributed by atoms with Crippen molar-refractivity contribution < 1.29 is 61.4 Å². The van der Waals surface area contributed by atoms with E-state index in [2.05, 4.69) is 19.1 Å². The number of anilines is 1. The molecule has 2 bridgehead atoms. The molecular weight excluding hydrogens is 1170 g/mol. The van der Waals surface area contributed by atoms with Crippen molar-refractivity contribution in [3.8, 4) is 5.75 Å². The lowest BCUT2D eigenvalue weighted by molar-refractivity contribution is -0.155. The third-order valence-electron chi connectivity index (χ3n) is 15.1. The number of esters is 3. The fraction of sp³-hybridized carbons (Fsp3) is 0.307. The van der Waals surface area contributed by atoms with Crippen LogP contribution >= 0.6 is 0 Å². The number of hydrogen-bond acceptors (Lipinski definition) is 15. The number of imide groups is 2. The van der Waals surface area contributed by atoms with Gasteiger partial charge in [-0.15, -0.1) is 0 Å². The molecule has 4 unspecified atom stereocenters. The molecule has 1 saturated carbocycles. The van der Waals surface area contributed by atoms with Crippen molar-refractivity contribution in [1.29, 1.82) is 0 Å². The van der Waals surface area contributed by atoms with Crippen LogP contribution in [0.1, 0.15) is 113 Å². The second kappa shape index (κ2) is 30.1. The molecule has 4 amide bonds. The lowest BCUT2D eigenvalue weighted by atomic mass is 9.80. The largest absolute Gasteiger partial charge is 0.460 e. The van der Waals surface area contributed by atoms with E-state index in [1.54, 1.807) is 91.0 Å². The Morgan fingerprint density at radius 2 is 0.989 bits per heavy atom. The maximum absolute atomic E-state index is 13.0. The Labute approximate surface area is 535 Å². The Morgan fingerprint density at radius 3 is 1.46 bits per heavy atom. The van der Waals surface area contributed by atoms with E-state index in [1.165, 1.54) is 35.7 Å². The minimum atomic E-state index is -0.574. The van der Waals surface area contributed by atoms with Crippen molar-refractivity contribution in [3.05, 3.63) is 230 Å². The zero-order valence-corrected chi connectivity index (χ0v) is 54.0. The van der Waals surface area contributed by atoms with Crippen molar-refractivity contribution >= 4 is 81.0 Å². The van der Waals surface area contributed by atoms with E-state index in [0.717, 1.165) is 37.9 Å². The van der Waals surface area contributed by atoms with Crippen LogP contribution < -0.4 is 20.9 Å². The number of nitrogens with zero attached hydrogens (tertiary/aromatic N) is 2. The van der Waals surface area contributed by atoms with Gasteiger partial charge in [0.05, 0.1) is 33.8 Å². The molecular formula is C75H78N2O15. The highest BCUT2D eigenvalue weighted by molar-refractivity contribution is 6.19. The van der Waals surface area contributed by atoms with Crippen molar-refractivity contribution in [2.75, 3.05) is 11.9 Å². The lowest BCUT2D eigenvalue weighted by Gasteiger charge is -2.34. The van der Waals surface area contributed by atoms with Crippen LogP contribution in [-0.4, -0.2) is 59.3 Å². The number of benzene rings is 6. The van der Waals surface area contributed by atoms with Gasteiger partial charge in [-0.2, -0.15) is 0 Å². The van der Waals surface area contributed by atoms with Crippen LogP contribution in [0.4, 0.5) is 5.69 Å². The Kier molecular flexibility index (Phi) is 22.7. The summed E-state index contributed by atoms with van der Waals surface area (Å²) >= 11 is 0. The van der Waals surface area contributed by atoms with Crippen LogP contribution in [-0.2, 0) is 56.2 Å². The van der Waals surface area contributed by atoms with Gasteiger partial charge in [-0.1, -0.05) is 114 Å². The topological polar surface area (TPSA) is 231 Å². The third kappa shape index (κ3) is 18.7. The molecule has 4 heterocycles. The molecule has 4 atom stereocenters. The molecule has 3 fully saturated rings. The fourth-order valence-corrected chi connectivity index (χ4v) is 9.91. The predicted octanol–water partition coefficient (Wildman–Crippen LogP) is 13.4. The van der Waals surface area contributed by atoms with Crippen molar-refractivity contribution in [2.24, 2.45) is 39.9 Å². The van der Waals surface area contributed by atoms with E-state index in [1.807, 2.05) is 130 Å². The van der Waals surface area contributed by atoms with E-state index >= 15 is 0 Å². The number of aryl methyl sites for hydroxylation is 2. The maximum atomic E-state index is 13.0. The second-order valence-corrected chi connectivity index (χ2v) is 25.8. The third-order valence-corrected chi connectivity index (χ3v) is 15.1. The lowest BCUT2D eigenvalue weighted by Crippen LogP contribution is -2.50. The highest BCUT2D eigenvalue weighted by atomic mass is 16.5. The van der Waals surface area contributed by atoms with Crippen LogP contribution in [0.2, 0.25) is 0 Å². The molecule has 2 aliphatic heterocycles. The first-order valence-corrected chi connectivity index (χ1v) is 30.1. The van der Waals surface area contributed by atoms with E-state index in [-0.39, 0.29) is 84.1 Å².